The van der Waals surface area contributed by atoms with Crippen LogP contribution in [-0.2, 0) is 99.8 Å². The van der Waals surface area contributed by atoms with Crippen molar-refractivity contribution in [1.82, 2.24) is 0 Å². The molecule has 14 bridgehead atoms. The lowest BCUT2D eigenvalue weighted by Gasteiger charge is -2.29. The molecule has 25 heteroatoms. The summed E-state index contributed by atoms with van der Waals surface area (Å²) >= 11 is 2.15. The molecule has 18 fully saturated rings. The number of aliphatic hydroxyl groups excluding tert-OH is 3. The SMILES string of the molecule is CC1(C)OC2C3CC(=O)C(C3)C2O1.CC1(C)OC2C3CC(=O)OC(C3)C2O1.CC1(C)OC2C3CC(C(C=O)O3)C2O1.CC1(C)OC2C3CC(C2O1)[C@@H](I)C(=O)O3.COC(=O)C1OC2CC1C1OC(C)(C)OC21.O=C1CC2CC1C(O)C2O.OC1CC2C=CC1C2. The maximum absolute atomic E-state index is 11.5. The van der Waals surface area contributed by atoms with E-state index in [0.717, 1.165) is 50.7 Å². The van der Waals surface area contributed by atoms with Crippen LogP contribution in [0, 0.1) is 59.2 Å². The highest BCUT2D eigenvalue weighted by molar-refractivity contribution is 14.1. The topological polar surface area (TPSA) is 302 Å². The number of ketones is 2. The van der Waals surface area contributed by atoms with Crippen LogP contribution in [0.25, 0.3) is 0 Å². The quantitative estimate of drug-likeness (QED) is 0.0860. The zero-order valence-electron chi connectivity index (χ0n) is 53.1. The summed E-state index contributed by atoms with van der Waals surface area (Å²) in [5.41, 5.74) is 0. The molecule has 9 saturated heterocycles. The van der Waals surface area contributed by atoms with Crippen molar-refractivity contribution < 1.29 is 115 Å². The van der Waals surface area contributed by atoms with Gasteiger partial charge < -0.3 is 91.2 Å². The average Bonchev–Trinajstić information content (AvgIpc) is 2.29. The van der Waals surface area contributed by atoms with Crippen molar-refractivity contribution in [2.45, 2.75) is 289 Å². The Morgan fingerprint density at radius 3 is 1.50 bits per heavy atom. The van der Waals surface area contributed by atoms with Crippen molar-refractivity contribution in [2.75, 3.05) is 7.11 Å². The van der Waals surface area contributed by atoms with Gasteiger partial charge in [-0.2, -0.15) is 0 Å². The third kappa shape index (κ3) is 12.5. The number of ether oxygens (including phenoxy) is 15. The van der Waals surface area contributed by atoms with Gasteiger partial charge in [-0.3, -0.25) is 19.2 Å². The van der Waals surface area contributed by atoms with Crippen LogP contribution in [0.2, 0.25) is 0 Å². The number of allylic oxidation sites excluding steroid dienone is 1. The van der Waals surface area contributed by atoms with Gasteiger partial charge in [0.1, 0.15) is 64.5 Å². The maximum atomic E-state index is 11.5. The van der Waals surface area contributed by atoms with Gasteiger partial charge >= 0.3 is 17.9 Å². The summed E-state index contributed by atoms with van der Waals surface area (Å²) in [6.07, 6.45) is 12.3. The second-order valence-electron chi connectivity index (χ2n) is 30.4. The number of rotatable bonds is 2. The molecule has 9 heterocycles. The molecule has 0 aromatic carbocycles. The van der Waals surface area contributed by atoms with E-state index in [1.807, 2.05) is 69.2 Å². The van der Waals surface area contributed by atoms with E-state index >= 15 is 0 Å². The van der Waals surface area contributed by atoms with Crippen LogP contribution in [0.5, 0.6) is 0 Å². The Bertz CT molecular complexity index is 2770. The number of hydrogen-bond donors (Lipinski definition) is 3. The average molecular weight is 1380 g/mol. The normalized spacial score (nSPS) is 50.8. The van der Waals surface area contributed by atoms with E-state index in [-0.39, 0.29) is 161 Å². The van der Waals surface area contributed by atoms with Crippen LogP contribution >= 0.6 is 22.6 Å². The van der Waals surface area contributed by atoms with E-state index in [1.165, 1.54) is 13.5 Å². The largest absolute Gasteiger partial charge is 0.467 e. The molecule has 0 radical (unpaired) electrons. The Morgan fingerprint density at radius 2 is 0.967 bits per heavy atom. The number of esters is 3. The standard InChI is InChI=1S/C11H16O5.C10H13IO4.2C10H14O4.C10H14O3.C7H10O3.C7H10O/c1-11(2)15-7-5-4-6(9(7)16-11)14-8(5)10(12)13-3;1-10(2)14-7-4-3-5(8(7)15-10)13-9(12)6(4)11;1-10(2)13-8-5-3-6(9(8)14-10)12-7(5)4-11;1-10(2)13-8-5-3-6(9(8)14-10)12-7(11)4-5;1-10(2)12-8-5-3-6(7(11)4-5)9(8)13-10;8-5-2-3-1-4(5)7(10)6(3)9;8-7-4-5-1-2-6(7)3-5/h5-9H,4H2,1-3H3;4-8H,3H2,1-2H3;4-9H,3H2,1-2H3;5-6,8-9H,3-4H2,1-2H3;5-6,8-9H,3-4H2,1-2H3;3-4,6-7,9-10H,1-2H2;1-2,5-8H,3-4H2/t;4?,5?,6-,7?,8?;;;;;/m.1...../s1. The first-order chi connectivity index (χ1) is 42.3. The van der Waals surface area contributed by atoms with E-state index in [4.69, 9.17) is 76.2 Å². The smallest absolute Gasteiger partial charge is 0.335 e. The molecule has 29 unspecified atom stereocenters. The second kappa shape index (κ2) is 24.1. The third-order valence-corrected chi connectivity index (χ3v) is 23.3. The number of hydrogen-bond acceptors (Lipinski definition) is 24. The Hall–Kier alpha value is -2.71. The van der Waals surface area contributed by atoms with Gasteiger partial charge in [0, 0.05) is 54.3 Å². The molecule has 30 atom stereocenters. The fourth-order valence-corrected chi connectivity index (χ4v) is 19.1. The summed E-state index contributed by atoms with van der Waals surface area (Å²) in [7, 11) is 1.38. The predicted molar refractivity (Wildman–Crippen MR) is 315 cm³/mol. The van der Waals surface area contributed by atoms with Gasteiger partial charge in [-0.15, -0.1) is 0 Å². The third-order valence-electron chi connectivity index (χ3n) is 21.9. The van der Waals surface area contributed by atoms with Gasteiger partial charge in [0.2, 0.25) is 0 Å². The molecule has 9 aliphatic heterocycles. The Balaban J connectivity index is 0.0000000971. The molecular weight excluding hydrogens is 1290 g/mol. The number of aldehydes is 1. The number of carbonyl (C=O) groups is 6. The van der Waals surface area contributed by atoms with E-state index in [0.29, 0.717) is 49.2 Å². The Morgan fingerprint density at radius 1 is 0.500 bits per heavy atom. The number of carbonyl (C=O) groups excluding carboxylic acids is 6. The van der Waals surface area contributed by atoms with E-state index in [2.05, 4.69) is 34.7 Å². The van der Waals surface area contributed by atoms with Crippen LogP contribution < -0.4 is 0 Å². The van der Waals surface area contributed by atoms with Gasteiger partial charge in [-0.05, 0) is 138 Å². The minimum atomic E-state index is -0.772. The highest BCUT2D eigenvalue weighted by Gasteiger charge is 2.66. The Kier molecular flexibility index (Phi) is 17.7. The van der Waals surface area contributed by atoms with Gasteiger partial charge in [0.15, 0.2) is 35.0 Å². The lowest BCUT2D eigenvalue weighted by atomic mass is 9.94. The molecule has 3 N–H and O–H groups in total. The molecule has 10 aliphatic carbocycles. The van der Waals surface area contributed by atoms with Gasteiger partial charge in [0.25, 0.3) is 0 Å². The summed E-state index contributed by atoms with van der Waals surface area (Å²) in [6, 6.07) is 0. The molecule has 24 nitrogen and oxygen atoms in total. The maximum Gasteiger partial charge on any atom is 0.335 e. The van der Waals surface area contributed by atoms with Crippen LogP contribution in [-0.4, -0.2) is 207 Å². The van der Waals surface area contributed by atoms with Gasteiger partial charge in [-0.1, -0.05) is 34.7 Å². The van der Waals surface area contributed by atoms with Crippen LogP contribution in [0.3, 0.4) is 0 Å². The van der Waals surface area contributed by atoms with Gasteiger partial charge in [0.05, 0.1) is 80.7 Å². The Labute approximate surface area is 538 Å². The second-order valence-corrected chi connectivity index (χ2v) is 31.7. The van der Waals surface area contributed by atoms with Crippen LogP contribution in [0.15, 0.2) is 12.2 Å². The lowest BCUT2D eigenvalue weighted by Crippen LogP contribution is -2.44. The first kappa shape index (κ1) is 65.9. The van der Waals surface area contributed by atoms with E-state index in [1.54, 1.807) is 0 Å². The highest BCUT2D eigenvalue weighted by Crippen LogP contribution is 2.54. The highest BCUT2D eigenvalue weighted by atomic mass is 127. The molecule has 0 aromatic rings. The fourth-order valence-electron chi connectivity index (χ4n) is 18.3. The molecule has 19 rings (SSSR count). The number of aliphatic hydroxyl groups is 3. The van der Waals surface area contributed by atoms with Crippen molar-refractivity contribution in [1.29, 1.82) is 0 Å². The number of halogens is 1. The molecule has 502 valence electrons. The minimum absolute atomic E-state index is 0.00926. The molecule has 9 saturated carbocycles. The monoisotopic (exact) mass is 1380 g/mol. The predicted octanol–water partition coefficient (Wildman–Crippen LogP) is 4.43. The summed E-state index contributed by atoms with van der Waals surface area (Å²) < 4.78 is 84.2. The zero-order chi connectivity index (χ0) is 64.2. The van der Waals surface area contributed by atoms with E-state index < -0.39 is 47.2 Å². The minimum Gasteiger partial charge on any atom is -0.467 e. The summed E-state index contributed by atoms with van der Waals surface area (Å²) in [4.78, 5) is 67.3. The molecule has 0 aromatic heterocycles. The summed E-state index contributed by atoms with van der Waals surface area (Å²) in [6.45, 7) is 19.1. The molecule has 90 heavy (non-hydrogen) atoms. The van der Waals surface area contributed by atoms with E-state index in [9.17, 15) is 39.0 Å². The molecular formula is C65H91IO24. The number of fused-ring (bicyclic) bond motifs is 29. The number of methoxy groups -OCH3 is 1. The van der Waals surface area contributed by atoms with Gasteiger partial charge in [-0.25, -0.2) is 4.79 Å². The summed E-state index contributed by atoms with van der Waals surface area (Å²) in [5, 5.41) is 27.6. The van der Waals surface area contributed by atoms with Crippen molar-refractivity contribution >= 4 is 58.4 Å². The molecule has 19 aliphatic rings. The zero-order valence-corrected chi connectivity index (χ0v) is 55.3. The molecule has 0 amide bonds. The van der Waals surface area contributed by atoms with Crippen molar-refractivity contribution in [2.24, 2.45) is 59.2 Å². The summed E-state index contributed by atoms with van der Waals surface area (Å²) in [5.74, 6) is -0.210. The van der Waals surface area contributed by atoms with Crippen molar-refractivity contribution in [3.05, 3.63) is 12.2 Å². The first-order valence-electron chi connectivity index (χ1n) is 32.7. The van der Waals surface area contributed by atoms with Crippen LogP contribution in [0.1, 0.15) is 140 Å². The van der Waals surface area contributed by atoms with Crippen molar-refractivity contribution in [3.63, 3.8) is 0 Å². The lowest BCUT2D eigenvalue weighted by molar-refractivity contribution is -0.187. The van der Waals surface area contributed by atoms with Crippen molar-refractivity contribution in [3.8, 4) is 0 Å². The number of alkyl halides is 1. The molecule has 0 spiro atoms. The number of Topliss-reactive ketones (excluding diaryl/α,β-unsaturated/α-hetero) is 2. The first-order valence-corrected chi connectivity index (χ1v) is 34.0. The van der Waals surface area contributed by atoms with Crippen LogP contribution in [0.4, 0.5) is 0 Å². The fraction of sp³-hybridized carbons (Fsp3) is 0.877.